The van der Waals surface area contributed by atoms with Gasteiger partial charge in [0.25, 0.3) is 5.56 Å². The van der Waals surface area contributed by atoms with Gasteiger partial charge in [0.2, 0.25) is 5.91 Å². The maximum Gasteiger partial charge on any atom is 0.266 e. The Labute approximate surface area is 191 Å². The zero-order valence-electron chi connectivity index (χ0n) is 18.1. The van der Waals surface area contributed by atoms with Crippen molar-refractivity contribution in [3.05, 3.63) is 58.9 Å². The highest BCUT2D eigenvalue weighted by Gasteiger charge is 2.42. The number of rotatable bonds is 9. The lowest BCUT2D eigenvalue weighted by Crippen LogP contribution is -2.39. The molecule has 1 amide bonds. The van der Waals surface area contributed by atoms with E-state index < -0.39 is 0 Å². The summed E-state index contributed by atoms with van der Waals surface area (Å²) in [6.07, 6.45) is 4.88. The topological polar surface area (TPSA) is 73.2 Å². The zero-order valence-corrected chi connectivity index (χ0v) is 18.9. The first-order valence-corrected chi connectivity index (χ1v) is 12.3. The minimum Gasteiger partial charge on any atom is -0.494 e. The van der Waals surface area contributed by atoms with Gasteiger partial charge in [-0.25, -0.2) is 4.98 Å². The smallest absolute Gasteiger partial charge is 0.266 e. The molecular formula is C25H27N3O3S. The number of nitrogens with one attached hydrogen (secondary N) is 1. The van der Waals surface area contributed by atoms with Crippen molar-refractivity contribution >= 4 is 28.6 Å². The fraction of sp³-hybridized carbons (Fsp3) is 0.400. The molecule has 1 heterocycles. The van der Waals surface area contributed by atoms with Crippen molar-refractivity contribution in [3.63, 3.8) is 0 Å². The molecule has 2 aromatic carbocycles. The van der Waals surface area contributed by atoms with E-state index in [9.17, 15) is 9.59 Å². The summed E-state index contributed by atoms with van der Waals surface area (Å²) in [5, 5.41) is 4.32. The van der Waals surface area contributed by atoms with E-state index >= 15 is 0 Å². The maximum absolute atomic E-state index is 13.4. The van der Waals surface area contributed by atoms with Crippen LogP contribution in [0.15, 0.2) is 58.5 Å². The number of hydrogen-bond acceptors (Lipinski definition) is 5. The Morgan fingerprint density at radius 2 is 1.81 bits per heavy atom. The number of benzene rings is 2. The van der Waals surface area contributed by atoms with Gasteiger partial charge in [-0.15, -0.1) is 0 Å². The average Bonchev–Trinajstić information content (AvgIpc) is 3.71. The number of ether oxygens (including phenoxy) is 1. The number of nitrogens with zero attached hydrogens (tertiary/aromatic N) is 2. The molecule has 7 heteroatoms. The lowest BCUT2D eigenvalue weighted by atomic mass is 10.1. The van der Waals surface area contributed by atoms with Gasteiger partial charge in [-0.1, -0.05) is 23.9 Å². The summed E-state index contributed by atoms with van der Waals surface area (Å²) >= 11 is 1.31. The van der Waals surface area contributed by atoms with Crippen LogP contribution in [0.25, 0.3) is 16.6 Å². The number of carbonyl (C=O) groups excluding carboxylic acids is 1. The van der Waals surface area contributed by atoms with Crippen molar-refractivity contribution in [2.75, 3.05) is 12.4 Å². The number of thioether (sulfide) groups is 1. The molecule has 5 rings (SSSR count). The van der Waals surface area contributed by atoms with Gasteiger partial charge in [0.05, 0.1) is 29.0 Å². The second-order valence-electron chi connectivity index (χ2n) is 8.54. The van der Waals surface area contributed by atoms with Gasteiger partial charge in [-0.2, -0.15) is 0 Å². The quantitative estimate of drug-likeness (QED) is 0.392. The van der Waals surface area contributed by atoms with Crippen LogP contribution in [-0.2, 0) is 4.79 Å². The molecule has 6 nitrogen and oxygen atoms in total. The minimum absolute atomic E-state index is 0.0134. The first kappa shape index (κ1) is 21.1. The second kappa shape index (κ2) is 8.98. The third kappa shape index (κ3) is 4.53. The summed E-state index contributed by atoms with van der Waals surface area (Å²) in [5.74, 6) is 2.30. The van der Waals surface area contributed by atoms with Crippen LogP contribution in [0.5, 0.6) is 5.75 Å². The molecule has 1 N–H and O–H groups in total. The van der Waals surface area contributed by atoms with Crippen LogP contribution in [0.4, 0.5) is 0 Å². The molecule has 2 aliphatic rings. The molecule has 0 unspecified atom stereocenters. The molecule has 1 aromatic heterocycles. The molecule has 2 fully saturated rings. The molecule has 3 aromatic rings. The van der Waals surface area contributed by atoms with Gasteiger partial charge in [-0.05, 0) is 80.8 Å². The number of aromatic nitrogens is 2. The number of para-hydroxylation sites is 1. The molecular weight excluding hydrogens is 422 g/mol. The van der Waals surface area contributed by atoms with Crippen molar-refractivity contribution in [1.82, 2.24) is 14.9 Å². The van der Waals surface area contributed by atoms with Gasteiger partial charge in [-0.3, -0.25) is 14.2 Å². The molecule has 0 bridgehead atoms. The molecule has 0 aliphatic heterocycles. The van der Waals surface area contributed by atoms with E-state index in [0.717, 1.165) is 5.75 Å². The number of fused-ring (bicyclic) bond motifs is 1. The highest BCUT2D eigenvalue weighted by Crippen LogP contribution is 2.44. The van der Waals surface area contributed by atoms with Crippen molar-refractivity contribution < 1.29 is 9.53 Å². The Morgan fingerprint density at radius 3 is 2.47 bits per heavy atom. The third-order valence-electron chi connectivity index (χ3n) is 6.07. The standard InChI is InChI=1S/C25H27N3O3S/c1-2-31-19-13-11-18(12-14-19)28-24(30)20-5-3-4-6-21(20)26-25(28)32-15-22(29)27-23(16-7-8-16)17-9-10-17/h3-6,11-14,16-17,23H,2,7-10,15H2,1H3,(H,27,29). The van der Waals surface area contributed by atoms with Gasteiger partial charge in [0, 0.05) is 6.04 Å². The summed E-state index contributed by atoms with van der Waals surface area (Å²) in [6.45, 7) is 2.51. The summed E-state index contributed by atoms with van der Waals surface area (Å²) in [4.78, 5) is 30.8. The Kier molecular flexibility index (Phi) is 5.91. The number of hydrogen-bond donors (Lipinski definition) is 1. The van der Waals surface area contributed by atoms with Crippen molar-refractivity contribution in [2.45, 2.75) is 43.8 Å². The first-order chi connectivity index (χ1) is 15.6. The van der Waals surface area contributed by atoms with Crippen LogP contribution in [0.1, 0.15) is 32.6 Å². The van der Waals surface area contributed by atoms with E-state index in [1.807, 2.05) is 49.4 Å². The fourth-order valence-electron chi connectivity index (χ4n) is 4.18. The van der Waals surface area contributed by atoms with Crippen LogP contribution < -0.4 is 15.6 Å². The van der Waals surface area contributed by atoms with Gasteiger partial charge in [0.15, 0.2) is 5.16 Å². The van der Waals surface area contributed by atoms with Crippen molar-refractivity contribution in [2.24, 2.45) is 11.8 Å². The van der Waals surface area contributed by atoms with E-state index in [1.165, 1.54) is 37.4 Å². The van der Waals surface area contributed by atoms with Gasteiger partial charge < -0.3 is 10.1 Å². The lowest BCUT2D eigenvalue weighted by molar-refractivity contribution is -0.119. The van der Waals surface area contributed by atoms with Crippen LogP contribution >= 0.6 is 11.8 Å². The van der Waals surface area contributed by atoms with E-state index in [4.69, 9.17) is 9.72 Å². The normalized spacial score (nSPS) is 15.8. The Balaban J connectivity index is 1.42. The fourth-order valence-corrected chi connectivity index (χ4v) is 5.01. The average molecular weight is 450 g/mol. The van der Waals surface area contributed by atoms with E-state index in [0.29, 0.717) is 46.2 Å². The van der Waals surface area contributed by atoms with Crippen molar-refractivity contribution in [1.29, 1.82) is 0 Å². The van der Waals surface area contributed by atoms with Crippen LogP contribution in [-0.4, -0.2) is 33.9 Å². The predicted octanol–water partition coefficient (Wildman–Crippen LogP) is 4.18. The number of carbonyl (C=O) groups is 1. The first-order valence-electron chi connectivity index (χ1n) is 11.3. The molecule has 0 saturated heterocycles. The van der Waals surface area contributed by atoms with Crippen LogP contribution in [0.2, 0.25) is 0 Å². The van der Waals surface area contributed by atoms with Gasteiger partial charge in [0.1, 0.15) is 5.75 Å². The van der Waals surface area contributed by atoms with E-state index in [-0.39, 0.29) is 17.2 Å². The highest BCUT2D eigenvalue weighted by molar-refractivity contribution is 7.99. The van der Waals surface area contributed by atoms with Crippen molar-refractivity contribution in [3.8, 4) is 11.4 Å². The third-order valence-corrected chi connectivity index (χ3v) is 7.01. The maximum atomic E-state index is 13.4. The highest BCUT2D eigenvalue weighted by atomic mass is 32.2. The molecule has 166 valence electrons. The minimum atomic E-state index is -0.142. The SMILES string of the molecule is CCOc1ccc(-n2c(SCC(=O)NC(C3CC3)C3CC3)nc3ccccc3c2=O)cc1. The second-order valence-corrected chi connectivity index (χ2v) is 9.48. The molecule has 0 atom stereocenters. The summed E-state index contributed by atoms with van der Waals surface area (Å²) in [5.41, 5.74) is 1.20. The monoisotopic (exact) mass is 449 g/mol. The molecule has 0 radical (unpaired) electrons. The summed E-state index contributed by atoms with van der Waals surface area (Å²) in [6, 6.07) is 15.0. The van der Waals surface area contributed by atoms with E-state index in [2.05, 4.69) is 5.32 Å². The molecule has 2 aliphatic carbocycles. The predicted molar refractivity (Wildman–Crippen MR) is 127 cm³/mol. The largest absolute Gasteiger partial charge is 0.494 e. The lowest BCUT2D eigenvalue weighted by Gasteiger charge is -2.18. The summed E-state index contributed by atoms with van der Waals surface area (Å²) in [7, 11) is 0. The van der Waals surface area contributed by atoms with Crippen LogP contribution in [0.3, 0.4) is 0 Å². The van der Waals surface area contributed by atoms with E-state index in [1.54, 1.807) is 10.6 Å². The number of amides is 1. The zero-order chi connectivity index (χ0) is 22.1. The Morgan fingerprint density at radius 1 is 1.12 bits per heavy atom. The Hall–Kier alpha value is -2.80. The summed E-state index contributed by atoms with van der Waals surface area (Å²) < 4.78 is 7.12. The molecule has 2 saturated carbocycles. The van der Waals surface area contributed by atoms with Gasteiger partial charge >= 0.3 is 0 Å². The Bertz CT molecular complexity index is 1170. The molecule has 0 spiro atoms. The van der Waals surface area contributed by atoms with Crippen LogP contribution in [0, 0.1) is 11.8 Å². The molecule has 32 heavy (non-hydrogen) atoms.